The van der Waals surface area contributed by atoms with Gasteiger partial charge in [-0.1, -0.05) is 18.5 Å². The standard InChI is InChI=1S/C20H33ClN6O/c1-3-22-20(24-13-16(2)14-26-9-11-28-12-10-26)25-17-6-8-27(15-17)19-18(21)5-4-7-23-19/h4-5,7,16-17H,3,6,8-15H2,1-2H3,(H2,22,24,25). The maximum absolute atomic E-state index is 6.30. The molecule has 2 fully saturated rings. The Morgan fingerprint density at radius 1 is 1.39 bits per heavy atom. The third kappa shape index (κ3) is 6.22. The van der Waals surface area contributed by atoms with E-state index < -0.39 is 0 Å². The van der Waals surface area contributed by atoms with Gasteiger partial charge in [0.25, 0.3) is 0 Å². The third-order valence-corrected chi connectivity index (χ3v) is 5.44. The quantitative estimate of drug-likeness (QED) is 0.530. The fourth-order valence-corrected chi connectivity index (χ4v) is 3.96. The van der Waals surface area contributed by atoms with Gasteiger partial charge in [-0.15, -0.1) is 0 Å². The highest BCUT2D eigenvalue weighted by molar-refractivity contribution is 6.32. The molecule has 28 heavy (non-hydrogen) atoms. The van der Waals surface area contributed by atoms with Crippen molar-refractivity contribution in [2.45, 2.75) is 26.3 Å². The van der Waals surface area contributed by atoms with E-state index in [-0.39, 0.29) is 0 Å². The SMILES string of the molecule is CCNC(=NCC(C)CN1CCOCC1)NC1CCN(c2ncccc2Cl)C1. The van der Waals surface area contributed by atoms with Crippen molar-refractivity contribution in [3.63, 3.8) is 0 Å². The van der Waals surface area contributed by atoms with Crippen molar-refractivity contribution in [1.29, 1.82) is 0 Å². The maximum Gasteiger partial charge on any atom is 0.191 e. The Kier molecular flexibility index (Phi) is 8.18. The lowest BCUT2D eigenvalue weighted by molar-refractivity contribution is 0.0323. The first kappa shape index (κ1) is 21.1. The average Bonchev–Trinajstić information content (AvgIpc) is 3.16. The van der Waals surface area contributed by atoms with Crippen LogP contribution >= 0.6 is 11.6 Å². The molecule has 7 nitrogen and oxygen atoms in total. The monoisotopic (exact) mass is 408 g/mol. The van der Waals surface area contributed by atoms with E-state index in [0.29, 0.717) is 17.0 Å². The second kappa shape index (κ2) is 10.8. The number of rotatable bonds is 7. The summed E-state index contributed by atoms with van der Waals surface area (Å²) >= 11 is 6.30. The normalized spacial score (nSPS) is 22.3. The molecule has 156 valence electrons. The van der Waals surface area contributed by atoms with Crippen molar-refractivity contribution in [2.75, 3.05) is 63.9 Å². The first-order valence-electron chi connectivity index (χ1n) is 10.4. The van der Waals surface area contributed by atoms with Gasteiger partial charge < -0.3 is 20.3 Å². The molecule has 0 aromatic carbocycles. The Bertz CT molecular complexity index is 637. The number of hydrogen-bond acceptors (Lipinski definition) is 5. The van der Waals surface area contributed by atoms with E-state index in [9.17, 15) is 0 Å². The van der Waals surface area contributed by atoms with Gasteiger partial charge in [0.2, 0.25) is 0 Å². The van der Waals surface area contributed by atoms with Crippen molar-refractivity contribution in [2.24, 2.45) is 10.9 Å². The number of aromatic nitrogens is 1. The Morgan fingerprint density at radius 3 is 2.96 bits per heavy atom. The zero-order valence-corrected chi connectivity index (χ0v) is 17.8. The van der Waals surface area contributed by atoms with Crippen LogP contribution in [0.2, 0.25) is 5.02 Å². The smallest absolute Gasteiger partial charge is 0.191 e. The van der Waals surface area contributed by atoms with Crippen LogP contribution in [-0.2, 0) is 4.74 Å². The zero-order valence-electron chi connectivity index (χ0n) is 17.0. The first-order valence-corrected chi connectivity index (χ1v) is 10.7. The van der Waals surface area contributed by atoms with Gasteiger partial charge in [0.1, 0.15) is 5.82 Å². The molecule has 3 rings (SSSR count). The van der Waals surface area contributed by atoms with Gasteiger partial charge >= 0.3 is 0 Å². The van der Waals surface area contributed by atoms with Gasteiger partial charge in [-0.3, -0.25) is 9.89 Å². The van der Waals surface area contributed by atoms with Crippen molar-refractivity contribution in [3.05, 3.63) is 23.4 Å². The largest absolute Gasteiger partial charge is 0.379 e. The van der Waals surface area contributed by atoms with Crippen LogP contribution in [-0.4, -0.2) is 80.9 Å². The van der Waals surface area contributed by atoms with Gasteiger partial charge in [-0.25, -0.2) is 4.98 Å². The minimum absolute atomic E-state index is 0.338. The minimum Gasteiger partial charge on any atom is -0.379 e. The number of ether oxygens (including phenoxy) is 1. The molecule has 1 aromatic rings. The summed E-state index contributed by atoms with van der Waals surface area (Å²) in [7, 11) is 0. The van der Waals surface area contributed by atoms with Crippen molar-refractivity contribution < 1.29 is 4.74 Å². The van der Waals surface area contributed by atoms with Crippen LogP contribution < -0.4 is 15.5 Å². The van der Waals surface area contributed by atoms with E-state index in [4.69, 9.17) is 21.3 Å². The van der Waals surface area contributed by atoms with E-state index in [2.05, 4.69) is 39.3 Å². The first-order chi connectivity index (χ1) is 13.7. The second-order valence-electron chi connectivity index (χ2n) is 7.62. The highest BCUT2D eigenvalue weighted by atomic mass is 35.5. The molecule has 0 bridgehead atoms. The molecule has 0 spiro atoms. The van der Waals surface area contributed by atoms with Gasteiger partial charge in [0.05, 0.1) is 18.2 Å². The molecule has 2 saturated heterocycles. The summed E-state index contributed by atoms with van der Waals surface area (Å²) in [5, 5.41) is 7.68. The minimum atomic E-state index is 0.338. The number of hydrogen-bond donors (Lipinski definition) is 2. The van der Waals surface area contributed by atoms with Gasteiger partial charge in [0, 0.05) is 58.1 Å². The van der Waals surface area contributed by atoms with E-state index in [1.807, 2.05) is 12.1 Å². The van der Waals surface area contributed by atoms with Crippen LogP contribution in [0.15, 0.2) is 23.3 Å². The lowest BCUT2D eigenvalue weighted by Gasteiger charge is -2.28. The number of guanidine groups is 1. The van der Waals surface area contributed by atoms with Gasteiger partial charge in [0.15, 0.2) is 5.96 Å². The van der Waals surface area contributed by atoms with Crippen LogP contribution in [0.1, 0.15) is 20.3 Å². The summed E-state index contributed by atoms with van der Waals surface area (Å²) in [5.74, 6) is 2.28. The fourth-order valence-electron chi connectivity index (χ4n) is 3.72. The molecule has 2 unspecified atom stereocenters. The number of anilines is 1. The predicted octanol–water partition coefficient (Wildman–Crippen LogP) is 1.84. The van der Waals surface area contributed by atoms with Crippen LogP contribution in [0.25, 0.3) is 0 Å². The van der Waals surface area contributed by atoms with Crippen LogP contribution in [0.4, 0.5) is 5.82 Å². The summed E-state index contributed by atoms with van der Waals surface area (Å²) in [6, 6.07) is 4.10. The number of aliphatic imine (C=N–C) groups is 1. The molecule has 2 N–H and O–H groups in total. The Balaban J connectivity index is 1.49. The number of nitrogens with one attached hydrogen (secondary N) is 2. The number of halogens is 1. The Labute approximate surface area is 173 Å². The molecule has 8 heteroatoms. The second-order valence-corrected chi connectivity index (χ2v) is 8.03. The van der Waals surface area contributed by atoms with E-state index in [1.54, 1.807) is 6.20 Å². The van der Waals surface area contributed by atoms with Crippen molar-refractivity contribution in [1.82, 2.24) is 20.5 Å². The van der Waals surface area contributed by atoms with Crippen molar-refractivity contribution in [3.8, 4) is 0 Å². The summed E-state index contributed by atoms with van der Waals surface area (Å²) in [5.41, 5.74) is 0. The summed E-state index contributed by atoms with van der Waals surface area (Å²) in [4.78, 5) is 14.0. The fraction of sp³-hybridized carbons (Fsp3) is 0.700. The van der Waals surface area contributed by atoms with Crippen molar-refractivity contribution >= 4 is 23.4 Å². The van der Waals surface area contributed by atoms with E-state index >= 15 is 0 Å². The summed E-state index contributed by atoms with van der Waals surface area (Å²) < 4.78 is 5.43. The molecular formula is C20H33ClN6O. The number of pyridine rings is 1. The highest BCUT2D eigenvalue weighted by Crippen LogP contribution is 2.25. The van der Waals surface area contributed by atoms with Crippen LogP contribution in [0.5, 0.6) is 0 Å². The summed E-state index contributed by atoms with van der Waals surface area (Å²) in [6.07, 6.45) is 2.84. The number of morpholine rings is 1. The van der Waals surface area contributed by atoms with Crippen LogP contribution in [0.3, 0.4) is 0 Å². The Hall–Kier alpha value is -1.57. The van der Waals surface area contributed by atoms with E-state index in [1.165, 1.54) is 0 Å². The van der Waals surface area contributed by atoms with Crippen LogP contribution in [0, 0.1) is 5.92 Å². The molecule has 3 heterocycles. The lowest BCUT2D eigenvalue weighted by atomic mass is 10.1. The molecule has 2 aliphatic heterocycles. The molecule has 0 radical (unpaired) electrons. The molecule has 1 aromatic heterocycles. The molecule has 0 aliphatic carbocycles. The zero-order chi connectivity index (χ0) is 19.8. The molecule has 2 aliphatic rings. The lowest BCUT2D eigenvalue weighted by Crippen LogP contribution is -2.45. The highest BCUT2D eigenvalue weighted by Gasteiger charge is 2.25. The van der Waals surface area contributed by atoms with Gasteiger partial charge in [-0.2, -0.15) is 0 Å². The van der Waals surface area contributed by atoms with Gasteiger partial charge in [-0.05, 0) is 31.4 Å². The molecular weight excluding hydrogens is 376 g/mol. The molecule has 2 atom stereocenters. The molecule has 0 saturated carbocycles. The Morgan fingerprint density at radius 2 is 2.21 bits per heavy atom. The maximum atomic E-state index is 6.30. The predicted molar refractivity (Wildman–Crippen MR) is 115 cm³/mol. The summed E-state index contributed by atoms with van der Waals surface area (Å²) in [6.45, 7) is 12.7. The number of nitrogens with zero attached hydrogens (tertiary/aromatic N) is 4. The third-order valence-electron chi connectivity index (χ3n) is 5.15. The topological polar surface area (TPSA) is 65.0 Å². The van der Waals surface area contributed by atoms with E-state index in [0.717, 1.165) is 77.2 Å². The molecule has 0 amide bonds. The average molecular weight is 409 g/mol.